The first-order valence-corrected chi connectivity index (χ1v) is 10.2. The minimum absolute atomic E-state index is 0.177. The molecule has 2 N–H and O–H groups in total. The Bertz CT molecular complexity index is 1010. The fraction of sp³-hybridized carbons (Fsp3) is 0.190. The van der Waals surface area contributed by atoms with Crippen molar-refractivity contribution in [3.63, 3.8) is 0 Å². The number of anilines is 1. The number of carbonyl (C=O) groups is 3. The van der Waals surface area contributed by atoms with Gasteiger partial charge in [0.05, 0.1) is 10.2 Å². The quantitative estimate of drug-likeness (QED) is 0.332. The molecular formula is C21H20IN3O5. The third-order valence-electron chi connectivity index (χ3n) is 4.13. The summed E-state index contributed by atoms with van der Waals surface area (Å²) in [5, 5.41) is 5.28. The first-order chi connectivity index (χ1) is 14.4. The minimum Gasteiger partial charge on any atom is -0.490 e. The Kier molecular flexibility index (Phi) is 6.93. The summed E-state index contributed by atoms with van der Waals surface area (Å²) in [5.74, 6) is 0.162. The molecule has 0 aliphatic carbocycles. The second-order valence-corrected chi connectivity index (χ2v) is 7.48. The molecule has 0 aromatic heterocycles. The van der Waals surface area contributed by atoms with E-state index in [1.54, 1.807) is 30.3 Å². The van der Waals surface area contributed by atoms with Crippen LogP contribution in [0.4, 0.5) is 10.5 Å². The number of hydrogen-bond donors (Lipinski definition) is 2. The molecule has 0 saturated carbocycles. The van der Waals surface area contributed by atoms with Gasteiger partial charge in [0.1, 0.15) is 5.70 Å². The second kappa shape index (κ2) is 9.61. The molecule has 1 aliphatic rings. The predicted octanol–water partition coefficient (Wildman–Crippen LogP) is 3.23. The number of halogens is 1. The van der Waals surface area contributed by atoms with E-state index in [0.29, 0.717) is 32.9 Å². The van der Waals surface area contributed by atoms with Crippen LogP contribution in [0.3, 0.4) is 0 Å². The van der Waals surface area contributed by atoms with Gasteiger partial charge >= 0.3 is 6.03 Å². The highest BCUT2D eigenvalue weighted by atomic mass is 127. The number of nitrogens with one attached hydrogen (secondary N) is 2. The van der Waals surface area contributed by atoms with E-state index in [1.165, 1.54) is 7.05 Å². The van der Waals surface area contributed by atoms with Crippen molar-refractivity contribution >= 4 is 52.2 Å². The summed E-state index contributed by atoms with van der Waals surface area (Å²) in [5.41, 5.74) is 1.51. The molecule has 0 spiro atoms. The lowest BCUT2D eigenvalue weighted by atomic mass is 10.1. The van der Waals surface area contributed by atoms with Crippen LogP contribution < -0.4 is 20.1 Å². The van der Waals surface area contributed by atoms with Gasteiger partial charge < -0.3 is 20.1 Å². The zero-order valence-electron chi connectivity index (χ0n) is 16.4. The fourth-order valence-corrected chi connectivity index (χ4v) is 3.50. The van der Waals surface area contributed by atoms with Crippen molar-refractivity contribution in [2.45, 2.75) is 6.92 Å². The fourth-order valence-electron chi connectivity index (χ4n) is 2.72. The molecule has 1 heterocycles. The van der Waals surface area contributed by atoms with Gasteiger partial charge in [-0.05, 0) is 65.4 Å². The molecule has 3 rings (SSSR count). The van der Waals surface area contributed by atoms with Crippen LogP contribution in [-0.2, 0) is 9.59 Å². The van der Waals surface area contributed by atoms with Crippen LogP contribution in [0.15, 0.2) is 48.2 Å². The summed E-state index contributed by atoms with van der Waals surface area (Å²) in [6.07, 6.45) is 1.57. The Balaban J connectivity index is 1.77. The van der Waals surface area contributed by atoms with E-state index in [4.69, 9.17) is 9.47 Å². The Hall–Kier alpha value is -3.08. The SMILES string of the molecule is CCOc1cc(/C=C2/NC(=O)N(C)C2=O)cc(I)c1OCC(=O)Nc1ccccc1. The summed E-state index contributed by atoms with van der Waals surface area (Å²) in [4.78, 5) is 36.9. The Labute approximate surface area is 187 Å². The summed E-state index contributed by atoms with van der Waals surface area (Å²) in [7, 11) is 1.41. The summed E-state index contributed by atoms with van der Waals surface area (Å²) >= 11 is 2.07. The van der Waals surface area contributed by atoms with Gasteiger partial charge in [-0.3, -0.25) is 14.5 Å². The van der Waals surface area contributed by atoms with Crippen LogP contribution in [0.5, 0.6) is 11.5 Å². The van der Waals surface area contributed by atoms with Crippen molar-refractivity contribution < 1.29 is 23.9 Å². The van der Waals surface area contributed by atoms with Crippen molar-refractivity contribution in [1.29, 1.82) is 0 Å². The first kappa shape index (κ1) is 21.6. The average Bonchev–Trinajstić information content (AvgIpc) is 2.95. The topological polar surface area (TPSA) is 97.0 Å². The third-order valence-corrected chi connectivity index (χ3v) is 4.93. The van der Waals surface area contributed by atoms with Crippen LogP contribution in [0.1, 0.15) is 12.5 Å². The molecule has 0 bridgehead atoms. The minimum atomic E-state index is -0.477. The van der Waals surface area contributed by atoms with Crippen molar-refractivity contribution in [2.75, 3.05) is 25.6 Å². The van der Waals surface area contributed by atoms with Gasteiger partial charge in [-0.1, -0.05) is 18.2 Å². The van der Waals surface area contributed by atoms with Gasteiger partial charge in [0.15, 0.2) is 18.1 Å². The van der Waals surface area contributed by atoms with E-state index in [-0.39, 0.29) is 18.2 Å². The van der Waals surface area contributed by atoms with Gasteiger partial charge in [0.25, 0.3) is 11.8 Å². The molecule has 0 atom stereocenters. The molecule has 1 saturated heterocycles. The number of benzene rings is 2. The number of rotatable bonds is 7. The Morgan fingerprint density at radius 3 is 2.57 bits per heavy atom. The normalized spacial score (nSPS) is 14.6. The predicted molar refractivity (Wildman–Crippen MR) is 120 cm³/mol. The monoisotopic (exact) mass is 521 g/mol. The van der Waals surface area contributed by atoms with E-state index < -0.39 is 11.9 Å². The number of urea groups is 1. The largest absolute Gasteiger partial charge is 0.490 e. The highest BCUT2D eigenvalue weighted by Crippen LogP contribution is 2.35. The average molecular weight is 521 g/mol. The number of likely N-dealkylation sites (N-methyl/N-ethyl adjacent to an activating group) is 1. The van der Waals surface area contributed by atoms with Gasteiger partial charge in [0.2, 0.25) is 0 Å². The van der Waals surface area contributed by atoms with E-state index >= 15 is 0 Å². The van der Waals surface area contributed by atoms with E-state index in [0.717, 1.165) is 4.90 Å². The molecular weight excluding hydrogens is 501 g/mol. The van der Waals surface area contributed by atoms with Gasteiger partial charge in [-0.25, -0.2) is 4.79 Å². The highest BCUT2D eigenvalue weighted by Gasteiger charge is 2.30. The van der Waals surface area contributed by atoms with Gasteiger partial charge in [-0.2, -0.15) is 0 Å². The van der Waals surface area contributed by atoms with Crippen molar-refractivity contribution in [3.05, 3.63) is 57.3 Å². The van der Waals surface area contributed by atoms with Crippen LogP contribution >= 0.6 is 22.6 Å². The molecule has 1 aliphatic heterocycles. The first-order valence-electron chi connectivity index (χ1n) is 9.13. The lowest BCUT2D eigenvalue weighted by molar-refractivity contribution is -0.122. The lowest BCUT2D eigenvalue weighted by Crippen LogP contribution is -2.25. The number of para-hydroxylation sites is 1. The van der Waals surface area contributed by atoms with Crippen LogP contribution in [-0.4, -0.2) is 43.0 Å². The number of carbonyl (C=O) groups excluding carboxylic acids is 3. The van der Waals surface area contributed by atoms with E-state index in [9.17, 15) is 14.4 Å². The van der Waals surface area contributed by atoms with Gasteiger partial charge in [0, 0.05) is 12.7 Å². The standard InChI is InChI=1S/C21H20IN3O5/c1-3-29-17-11-13(10-16-20(27)25(2)21(28)24-16)9-15(22)19(17)30-12-18(26)23-14-7-5-4-6-8-14/h4-11H,3,12H2,1-2H3,(H,23,26)(H,24,28)/b16-10+. The van der Waals surface area contributed by atoms with E-state index in [2.05, 4.69) is 33.2 Å². The number of nitrogens with zero attached hydrogens (tertiary/aromatic N) is 1. The van der Waals surface area contributed by atoms with Crippen LogP contribution in [0, 0.1) is 3.57 Å². The molecule has 4 amide bonds. The Morgan fingerprint density at radius 2 is 1.93 bits per heavy atom. The molecule has 1 fully saturated rings. The number of imide groups is 1. The molecule has 30 heavy (non-hydrogen) atoms. The van der Waals surface area contributed by atoms with Gasteiger partial charge in [-0.15, -0.1) is 0 Å². The number of amides is 4. The van der Waals surface area contributed by atoms with E-state index in [1.807, 2.05) is 25.1 Å². The van der Waals surface area contributed by atoms with Crippen molar-refractivity contribution in [2.24, 2.45) is 0 Å². The third kappa shape index (κ3) is 5.09. The highest BCUT2D eigenvalue weighted by molar-refractivity contribution is 14.1. The van der Waals surface area contributed by atoms with Crippen molar-refractivity contribution in [3.8, 4) is 11.5 Å². The molecule has 2 aromatic carbocycles. The molecule has 8 nitrogen and oxygen atoms in total. The molecule has 0 radical (unpaired) electrons. The lowest BCUT2D eigenvalue weighted by Gasteiger charge is -2.15. The molecule has 0 unspecified atom stereocenters. The van der Waals surface area contributed by atoms with Crippen LogP contribution in [0.25, 0.3) is 6.08 Å². The molecule has 9 heteroatoms. The maximum Gasteiger partial charge on any atom is 0.328 e. The number of hydrogen-bond acceptors (Lipinski definition) is 5. The maximum absolute atomic E-state index is 12.2. The zero-order chi connectivity index (χ0) is 21.7. The smallest absolute Gasteiger partial charge is 0.328 e. The zero-order valence-corrected chi connectivity index (χ0v) is 18.6. The summed E-state index contributed by atoms with van der Waals surface area (Å²) in [6.45, 7) is 2.03. The summed E-state index contributed by atoms with van der Waals surface area (Å²) in [6, 6.07) is 12.1. The Morgan fingerprint density at radius 1 is 1.20 bits per heavy atom. The number of ether oxygens (including phenoxy) is 2. The molecule has 156 valence electrons. The van der Waals surface area contributed by atoms with Crippen LogP contribution in [0.2, 0.25) is 0 Å². The van der Waals surface area contributed by atoms with Crippen molar-refractivity contribution in [1.82, 2.24) is 10.2 Å². The second-order valence-electron chi connectivity index (χ2n) is 6.32. The molecule has 2 aromatic rings. The summed E-state index contributed by atoms with van der Waals surface area (Å²) < 4.78 is 12.1. The maximum atomic E-state index is 12.2.